The fourth-order valence-corrected chi connectivity index (χ4v) is 1.87. The molecule has 0 saturated heterocycles. The summed E-state index contributed by atoms with van der Waals surface area (Å²) in [7, 11) is 0. The average Bonchev–Trinajstić information content (AvgIpc) is 2.33. The quantitative estimate of drug-likeness (QED) is 0.642. The normalized spacial score (nSPS) is 14.7. The molecule has 19 heavy (non-hydrogen) atoms. The fraction of sp³-hybridized carbons (Fsp3) is 0.824. The summed E-state index contributed by atoms with van der Waals surface area (Å²) >= 11 is 0. The van der Waals surface area contributed by atoms with Crippen molar-refractivity contribution in [3.8, 4) is 0 Å². The number of hydrogen-bond donors (Lipinski definition) is 1. The third-order valence-corrected chi connectivity index (χ3v) is 4.32. The maximum atomic E-state index is 11.8. The minimum absolute atomic E-state index is 0.126. The summed E-state index contributed by atoms with van der Waals surface area (Å²) in [4.78, 5) is 11.8. The Balaban J connectivity index is 4.20. The van der Waals surface area contributed by atoms with Crippen molar-refractivity contribution in [1.29, 1.82) is 0 Å². The van der Waals surface area contributed by atoms with Gasteiger partial charge in [-0.1, -0.05) is 46.3 Å². The van der Waals surface area contributed by atoms with Crippen LogP contribution in [-0.2, 0) is 4.79 Å². The highest BCUT2D eigenvalue weighted by Crippen LogP contribution is 2.31. The van der Waals surface area contributed by atoms with Gasteiger partial charge in [-0.2, -0.15) is 0 Å². The van der Waals surface area contributed by atoms with E-state index in [0.29, 0.717) is 5.92 Å². The van der Waals surface area contributed by atoms with Crippen LogP contribution in [0.2, 0.25) is 0 Å². The minimum atomic E-state index is 0.126. The zero-order valence-electron chi connectivity index (χ0n) is 14.0. The number of rotatable bonds is 8. The summed E-state index contributed by atoms with van der Waals surface area (Å²) in [6, 6.07) is 0. The molecule has 0 aromatic carbocycles. The average molecular weight is 267 g/mol. The predicted molar refractivity (Wildman–Crippen MR) is 84.1 cm³/mol. The van der Waals surface area contributed by atoms with Gasteiger partial charge in [0.25, 0.3) is 0 Å². The number of carbonyl (C=O) groups is 1. The highest BCUT2D eigenvalue weighted by Gasteiger charge is 2.25. The van der Waals surface area contributed by atoms with Gasteiger partial charge in [0.15, 0.2) is 0 Å². The van der Waals surface area contributed by atoms with E-state index in [2.05, 4.69) is 52.9 Å². The third kappa shape index (κ3) is 7.39. The first-order valence-electron chi connectivity index (χ1n) is 7.61. The lowest BCUT2D eigenvalue weighted by atomic mass is 9.76. The molecule has 2 nitrogen and oxygen atoms in total. The predicted octanol–water partition coefficient (Wildman–Crippen LogP) is 4.56. The Labute approximate surface area is 120 Å². The molecule has 0 aromatic heterocycles. The first-order valence-corrected chi connectivity index (χ1v) is 7.61. The molecule has 0 saturated carbocycles. The molecule has 0 bridgehead atoms. The van der Waals surface area contributed by atoms with Gasteiger partial charge in [-0.05, 0) is 44.4 Å². The van der Waals surface area contributed by atoms with Crippen molar-refractivity contribution in [2.24, 2.45) is 17.3 Å². The SMILES string of the molecule is CCC(C)C(=O)NCC(C)C(C)(C)CCC=C(C)C. The van der Waals surface area contributed by atoms with Gasteiger partial charge in [0.05, 0.1) is 0 Å². The van der Waals surface area contributed by atoms with Gasteiger partial charge in [-0.25, -0.2) is 0 Å². The van der Waals surface area contributed by atoms with Crippen LogP contribution in [0.25, 0.3) is 0 Å². The molecule has 0 heterocycles. The van der Waals surface area contributed by atoms with E-state index in [1.165, 1.54) is 12.0 Å². The van der Waals surface area contributed by atoms with Gasteiger partial charge in [-0.15, -0.1) is 0 Å². The van der Waals surface area contributed by atoms with Crippen LogP contribution < -0.4 is 5.32 Å². The molecule has 0 aliphatic rings. The van der Waals surface area contributed by atoms with Crippen LogP contribution in [-0.4, -0.2) is 12.5 Å². The Kier molecular flexibility index (Phi) is 8.05. The second-order valence-electron chi connectivity index (χ2n) is 6.76. The Morgan fingerprint density at radius 2 is 1.84 bits per heavy atom. The van der Waals surface area contributed by atoms with E-state index < -0.39 is 0 Å². The van der Waals surface area contributed by atoms with Crippen LogP contribution in [0, 0.1) is 17.3 Å². The summed E-state index contributed by atoms with van der Waals surface area (Å²) in [5.41, 5.74) is 1.64. The second-order valence-corrected chi connectivity index (χ2v) is 6.76. The number of hydrogen-bond acceptors (Lipinski definition) is 1. The van der Waals surface area contributed by atoms with Crippen molar-refractivity contribution >= 4 is 5.91 Å². The van der Waals surface area contributed by atoms with Crippen molar-refractivity contribution in [2.75, 3.05) is 6.54 Å². The highest BCUT2D eigenvalue weighted by atomic mass is 16.1. The van der Waals surface area contributed by atoms with Crippen LogP contribution in [0.1, 0.15) is 67.7 Å². The monoisotopic (exact) mass is 267 g/mol. The molecular weight excluding hydrogens is 234 g/mol. The van der Waals surface area contributed by atoms with E-state index in [9.17, 15) is 4.79 Å². The van der Waals surface area contributed by atoms with E-state index in [0.717, 1.165) is 19.4 Å². The smallest absolute Gasteiger partial charge is 0.222 e. The van der Waals surface area contributed by atoms with Crippen LogP contribution in [0.4, 0.5) is 0 Å². The maximum absolute atomic E-state index is 11.8. The molecule has 0 fully saturated rings. The summed E-state index contributed by atoms with van der Waals surface area (Å²) < 4.78 is 0. The van der Waals surface area contributed by atoms with E-state index in [1.54, 1.807) is 0 Å². The van der Waals surface area contributed by atoms with Crippen molar-refractivity contribution < 1.29 is 4.79 Å². The van der Waals surface area contributed by atoms with E-state index in [4.69, 9.17) is 0 Å². The summed E-state index contributed by atoms with van der Waals surface area (Å²) in [6.45, 7) is 15.9. The van der Waals surface area contributed by atoms with E-state index >= 15 is 0 Å². The number of amides is 1. The minimum Gasteiger partial charge on any atom is -0.356 e. The standard InChI is InChI=1S/C17H33NO/c1-8-14(4)16(19)18-12-15(5)17(6,7)11-9-10-13(2)3/h10,14-15H,8-9,11-12H2,1-7H3,(H,18,19). The first kappa shape index (κ1) is 18.2. The number of nitrogens with one attached hydrogen (secondary N) is 1. The van der Waals surface area contributed by atoms with Gasteiger partial charge >= 0.3 is 0 Å². The van der Waals surface area contributed by atoms with Crippen LogP contribution in [0.15, 0.2) is 11.6 Å². The Hall–Kier alpha value is -0.790. The number of carbonyl (C=O) groups excluding carboxylic acids is 1. The van der Waals surface area contributed by atoms with Gasteiger partial charge < -0.3 is 5.32 Å². The van der Waals surface area contributed by atoms with Gasteiger partial charge in [-0.3, -0.25) is 4.79 Å². The molecule has 112 valence electrons. The lowest BCUT2D eigenvalue weighted by Gasteiger charge is -2.32. The van der Waals surface area contributed by atoms with Crippen LogP contribution in [0.3, 0.4) is 0 Å². The third-order valence-electron chi connectivity index (χ3n) is 4.32. The lowest BCUT2D eigenvalue weighted by Crippen LogP contribution is -2.37. The van der Waals surface area contributed by atoms with Crippen LogP contribution in [0.5, 0.6) is 0 Å². The molecule has 2 unspecified atom stereocenters. The zero-order chi connectivity index (χ0) is 15.1. The maximum Gasteiger partial charge on any atom is 0.222 e. The Bertz CT molecular complexity index is 300. The van der Waals surface area contributed by atoms with Crippen molar-refractivity contribution in [1.82, 2.24) is 5.32 Å². The van der Waals surface area contributed by atoms with E-state index in [1.807, 2.05) is 6.92 Å². The Morgan fingerprint density at radius 1 is 1.26 bits per heavy atom. The van der Waals surface area contributed by atoms with Crippen molar-refractivity contribution in [2.45, 2.75) is 67.7 Å². The lowest BCUT2D eigenvalue weighted by molar-refractivity contribution is -0.124. The van der Waals surface area contributed by atoms with E-state index in [-0.39, 0.29) is 17.2 Å². The van der Waals surface area contributed by atoms with Crippen molar-refractivity contribution in [3.05, 3.63) is 11.6 Å². The second kappa shape index (κ2) is 8.39. The fourth-order valence-electron chi connectivity index (χ4n) is 1.87. The van der Waals surface area contributed by atoms with Crippen molar-refractivity contribution in [3.63, 3.8) is 0 Å². The molecular formula is C17H33NO. The molecule has 2 atom stereocenters. The largest absolute Gasteiger partial charge is 0.356 e. The molecule has 0 rings (SSSR count). The van der Waals surface area contributed by atoms with Gasteiger partial charge in [0.1, 0.15) is 0 Å². The number of allylic oxidation sites excluding steroid dienone is 2. The van der Waals surface area contributed by atoms with Gasteiger partial charge in [0.2, 0.25) is 5.91 Å². The molecule has 0 spiro atoms. The molecule has 2 heteroatoms. The Morgan fingerprint density at radius 3 is 2.32 bits per heavy atom. The zero-order valence-corrected chi connectivity index (χ0v) is 14.0. The van der Waals surface area contributed by atoms with Gasteiger partial charge in [0, 0.05) is 12.5 Å². The molecule has 0 aromatic rings. The molecule has 0 aliphatic carbocycles. The molecule has 1 N–H and O–H groups in total. The summed E-state index contributed by atoms with van der Waals surface area (Å²) in [5, 5.41) is 3.08. The molecule has 0 aliphatic heterocycles. The highest BCUT2D eigenvalue weighted by molar-refractivity contribution is 5.78. The molecule has 0 radical (unpaired) electrons. The van der Waals surface area contributed by atoms with Crippen LogP contribution >= 0.6 is 0 Å². The summed E-state index contributed by atoms with van der Waals surface area (Å²) in [5.74, 6) is 0.807. The molecule has 1 amide bonds. The summed E-state index contributed by atoms with van der Waals surface area (Å²) in [6.07, 6.45) is 5.49. The first-order chi connectivity index (χ1) is 8.70. The topological polar surface area (TPSA) is 29.1 Å².